The lowest BCUT2D eigenvalue weighted by molar-refractivity contribution is 1.17. The molecule has 3 aromatic rings. The molecule has 64 valence electrons. The maximum atomic E-state index is 4.31. The molecule has 3 aromatic heterocycles. The quantitative estimate of drug-likeness (QED) is 0.542. The summed E-state index contributed by atoms with van der Waals surface area (Å²) in [7, 11) is 0. The number of H-pyrrole nitrogens is 2. The molecule has 3 heterocycles. The zero-order valence-electron chi connectivity index (χ0n) is 7.13. The number of rotatable bonds is 0. The third-order valence-corrected chi connectivity index (χ3v) is 2.16. The summed E-state index contributed by atoms with van der Waals surface area (Å²) in [5, 5.41) is 1.10. The van der Waals surface area contributed by atoms with Crippen LogP contribution < -0.4 is 0 Å². The Labute approximate surface area is 74.0 Å². The standard InChI is InChI=1S/C9H8N4/c1-5-12-7-4-11-9-6(2-3-10-9)8(7)13-5/h2-4H,1H3,(H,10,11)(H,12,13). The minimum atomic E-state index is 0.899. The first-order valence-corrected chi connectivity index (χ1v) is 4.13. The summed E-state index contributed by atoms with van der Waals surface area (Å²) in [6, 6.07) is 2.00. The van der Waals surface area contributed by atoms with Crippen molar-refractivity contribution in [1.82, 2.24) is 19.9 Å². The maximum Gasteiger partial charge on any atom is 0.139 e. The molecule has 0 spiro atoms. The number of nitrogens with one attached hydrogen (secondary N) is 2. The summed E-state index contributed by atoms with van der Waals surface area (Å²) < 4.78 is 0. The third-order valence-electron chi connectivity index (χ3n) is 2.16. The van der Waals surface area contributed by atoms with E-state index in [1.54, 1.807) is 6.20 Å². The maximum absolute atomic E-state index is 4.31. The van der Waals surface area contributed by atoms with Crippen molar-refractivity contribution in [2.75, 3.05) is 0 Å². The van der Waals surface area contributed by atoms with Crippen LogP contribution in [0.3, 0.4) is 0 Å². The molecule has 0 aliphatic carbocycles. The van der Waals surface area contributed by atoms with Gasteiger partial charge in [0, 0.05) is 11.6 Å². The first-order valence-electron chi connectivity index (χ1n) is 4.13. The van der Waals surface area contributed by atoms with Crippen LogP contribution >= 0.6 is 0 Å². The molecule has 2 N–H and O–H groups in total. The Kier molecular flexibility index (Phi) is 1.07. The number of hydrogen-bond acceptors (Lipinski definition) is 2. The highest BCUT2D eigenvalue weighted by atomic mass is 14.9. The second-order valence-corrected chi connectivity index (χ2v) is 3.08. The van der Waals surface area contributed by atoms with Gasteiger partial charge >= 0.3 is 0 Å². The lowest BCUT2D eigenvalue weighted by Gasteiger charge is -1.89. The van der Waals surface area contributed by atoms with Crippen LogP contribution in [0.5, 0.6) is 0 Å². The highest BCUT2D eigenvalue weighted by Gasteiger charge is 2.04. The molecule has 0 unspecified atom stereocenters. The minimum Gasteiger partial charge on any atom is -0.346 e. The van der Waals surface area contributed by atoms with E-state index in [0.717, 1.165) is 27.9 Å². The number of pyridine rings is 1. The van der Waals surface area contributed by atoms with Gasteiger partial charge in [-0.25, -0.2) is 9.97 Å². The molecule has 0 atom stereocenters. The van der Waals surface area contributed by atoms with Crippen molar-refractivity contribution in [3.05, 3.63) is 24.3 Å². The van der Waals surface area contributed by atoms with E-state index in [4.69, 9.17) is 0 Å². The fourth-order valence-corrected chi connectivity index (χ4v) is 1.60. The van der Waals surface area contributed by atoms with Gasteiger partial charge in [-0.1, -0.05) is 0 Å². The second-order valence-electron chi connectivity index (χ2n) is 3.08. The monoisotopic (exact) mass is 172 g/mol. The molecule has 0 aliphatic heterocycles. The number of imidazole rings is 1. The van der Waals surface area contributed by atoms with E-state index in [2.05, 4.69) is 19.9 Å². The van der Waals surface area contributed by atoms with E-state index in [-0.39, 0.29) is 0 Å². The van der Waals surface area contributed by atoms with Gasteiger partial charge in [-0.2, -0.15) is 0 Å². The van der Waals surface area contributed by atoms with Gasteiger partial charge < -0.3 is 9.97 Å². The largest absolute Gasteiger partial charge is 0.346 e. The van der Waals surface area contributed by atoms with Gasteiger partial charge in [0.2, 0.25) is 0 Å². The summed E-state index contributed by atoms with van der Waals surface area (Å²) in [5.74, 6) is 0.922. The van der Waals surface area contributed by atoms with Crippen molar-refractivity contribution in [3.63, 3.8) is 0 Å². The topological polar surface area (TPSA) is 57.4 Å². The molecule has 0 saturated carbocycles. The molecule has 0 aliphatic rings. The third kappa shape index (κ3) is 0.796. The van der Waals surface area contributed by atoms with Crippen LogP contribution in [0.4, 0.5) is 0 Å². The van der Waals surface area contributed by atoms with Gasteiger partial charge in [-0.15, -0.1) is 0 Å². The Balaban J connectivity index is 2.64. The summed E-state index contributed by atoms with van der Waals surface area (Å²) in [5.41, 5.74) is 2.88. The summed E-state index contributed by atoms with van der Waals surface area (Å²) in [4.78, 5) is 14.8. The number of hydrogen-bond donors (Lipinski definition) is 2. The Bertz CT molecular complexity index is 575. The minimum absolute atomic E-state index is 0.899. The zero-order chi connectivity index (χ0) is 8.84. The van der Waals surface area contributed by atoms with Crippen molar-refractivity contribution < 1.29 is 0 Å². The second kappa shape index (κ2) is 2.10. The van der Waals surface area contributed by atoms with Crippen LogP contribution in [0.15, 0.2) is 18.5 Å². The molecule has 0 fully saturated rings. The fourth-order valence-electron chi connectivity index (χ4n) is 1.60. The predicted molar refractivity (Wildman–Crippen MR) is 50.5 cm³/mol. The molecule has 13 heavy (non-hydrogen) atoms. The average Bonchev–Trinajstić information content (AvgIpc) is 2.65. The zero-order valence-corrected chi connectivity index (χ0v) is 7.13. The van der Waals surface area contributed by atoms with Crippen molar-refractivity contribution >= 4 is 22.1 Å². The average molecular weight is 172 g/mol. The number of aryl methyl sites for hydroxylation is 1. The fraction of sp³-hybridized carbons (Fsp3) is 0.111. The summed E-state index contributed by atoms with van der Waals surface area (Å²) >= 11 is 0. The number of fused-ring (bicyclic) bond motifs is 3. The van der Waals surface area contributed by atoms with Gasteiger partial charge in [0.25, 0.3) is 0 Å². The predicted octanol–water partition coefficient (Wildman–Crippen LogP) is 1.75. The number of aromatic nitrogens is 4. The van der Waals surface area contributed by atoms with Crippen LogP contribution in [0, 0.1) is 6.92 Å². The van der Waals surface area contributed by atoms with Gasteiger partial charge in [0.15, 0.2) is 0 Å². The molecule has 4 nitrogen and oxygen atoms in total. The van der Waals surface area contributed by atoms with Crippen LogP contribution in [-0.2, 0) is 0 Å². The molecule has 0 amide bonds. The molecular weight excluding hydrogens is 164 g/mol. The molecule has 0 saturated heterocycles. The first-order chi connectivity index (χ1) is 6.34. The van der Waals surface area contributed by atoms with Crippen LogP contribution in [0.25, 0.3) is 22.1 Å². The molecule has 0 aromatic carbocycles. The van der Waals surface area contributed by atoms with Crippen molar-refractivity contribution in [3.8, 4) is 0 Å². The first kappa shape index (κ1) is 6.65. The Morgan fingerprint density at radius 3 is 3.23 bits per heavy atom. The van der Waals surface area contributed by atoms with E-state index in [0.29, 0.717) is 0 Å². The number of nitrogens with zero attached hydrogens (tertiary/aromatic N) is 2. The van der Waals surface area contributed by atoms with Gasteiger partial charge in [0.1, 0.15) is 17.0 Å². The van der Waals surface area contributed by atoms with Crippen molar-refractivity contribution in [1.29, 1.82) is 0 Å². The molecule has 3 rings (SSSR count). The number of aromatic amines is 2. The Morgan fingerprint density at radius 1 is 1.38 bits per heavy atom. The van der Waals surface area contributed by atoms with E-state index >= 15 is 0 Å². The highest BCUT2D eigenvalue weighted by Crippen LogP contribution is 2.19. The molecule has 4 heteroatoms. The van der Waals surface area contributed by atoms with E-state index in [1.807, 2.05) is 19.2 Å². The van der Waals surface area contributed by atoms with Gasteiger partial charge in [-0.3, -0.25) is 0 Å². The molecule has 0 bridgehead atoms. The van der Waals surface area contributed by atoms with Gasteiger partial charge in [-0.05, 0) is 13.0 Å². The van der Waals surface area contributed by atoms with E-state index in [9.17, 15) is 0 Å². The Hall–Kier alpha value is -1.84. The van der Waals surface area contributed by atoms with Crippen molar-refractivity contribution in [2.24, 2.45) is 0 Å². The Morgan fingerprint density at radius 2 is 2.31 bits per heavy atom. The molecule has 0 radical (unpaired) electrons. The smallest absolute Gasteiger partial charge is 0.139 e. The van der Waals surface area contributed by atoms with Crippen LogP contribution in [0.2, 0.25) is 0 Å². The SMILES string of the molecule is Cc1nc2cnc3[nH]ccc3c2[nH]1. The van der Waals surface area contributed by atoms with Crippen LogP contribution in [0.1, 0.15) is 5.82 Å². The molecular formula is C9H8N4. The van der Waals surface area contributed by atoms with E-state index < -0.39 is 0 Å². The summed E-state index contributed by atoms with van der Waals surface area (Å²) in [6.45, 7) is 1.94. The van der Waals surface area contributed by atoms with E-state index in [1.165, 1.54) is 0 Å². The van der Waals surface area contributed by atoms with Crippen molar-refractivity contribution in [2.45, 2.75) is 6.92 Å². The summed E-state index contributed by atoms with van der Waals surface area (Å²) in [6.07, 6.45) is 3.66. The van der Waals surface area contributed by atoms with Gasteiger partial charge in [0.05, 0.1) is 11.7 Å². The normalized spacial score (nSPS) is 11.5. The lowest BCUT2D eigenvalue weighted by atomic mass is 10.3. The van der Waals surface area contributed by atoms with Crippen LogP contribution in [-0.4, -0.2) is 19.9 Å². The highest BCUT2D eigenvalue weighted by molar-refractivity contribution is 6.00. The lowest BCUT2D eigenvalue weighted by Crippen LogP contribution is -1.77.